The number of nitrogens with zero attached hydrogens (tertiary/aromatic N) is 1. The number of aliphatic hydroxyl groups is 1. The lowest BCUT2D eigenvalue weighted by atomic mass is 9.66. The SMILES string of the molecule is CNC(=O)[C@H]1[C@H]2C(=O)N([C@H](CO)c3ccccc3)C(C(=O)NC(C)(C)C)C23CC[C@]1(C)O3. The number of rotatable bonds is 5. The van der Waals surface area contributed by atoms with Crippen LogP contribution in [0.15, 0.2) is 30.3 Å². The first kappa shape index (κ1) is 22.7. The molecule has 3 heterocycles. The summed E-state index contributed by atoms with van der Waals surface area (Å²) in [6.07, 6.45) is 1.08. The summed E-state index contributed by atoms with van der Waals surface area (Å²) in [6, 6.07) is 7.50. The van der Waals surface area contributed by atoms with E-state index in [4.69, 9.17) is 4.74 Å². The number of hydrogen-bond donors (Lipinski definition) is 3. The average Bonchev–Trinajstić information content (AvgIpc) is 3.29. The Morgan fingerprint density at radius 1 is 1.22 bits per heavy atom. The molecule has 6 atom stereocenters. The molecule has 1 spiro atoms. The Morgan fingerprint density at radius 3 is 2.44 bits per heavy atom. The molecule has 3 amide bonds. The third-order valence-corrected chi connectivity index (χ3v) is 7.18. The van der Waals surface area contributed by atoms with E-state index in [1.807, 2.05) is 58.0 Å². The lowest BCUT2D eigenvalue weighted by Crippen LogP contribution is -2.59. The molecule has 0 saturated carbocycles. The zero-order chi connectivity index (χ0) is 23.5. The fourth-order valence-corrected chi connectivity index (χ4v) is 6.02. The van der Waals surface area contributed by atoms with Crippen molar-refractivity contribution in [1.82, 2.24) is 15.5 Å². The van der Waals surface area contributed by atoms with Crippen LogP contribution in [-0.4, -0.2) is 64.2 Å². The van der Waals surface area contributed by atoms with Crippen LogP contribution in [-0.2, 0) is 19.1 Å². The van der Waals surface area contributed by atoms with E-state index in [0.29, 0.717) is 12.8 Å². The number of hydrogen-bond acceptors (Lipinski definition) is 5. The monoisotopic (exact) mass is 443 g/mol. The maximum absolute atomic E-state index is 14.0. The molecule has 0 aromatic heterocycles. The van der Waals surface area contributed by atoms with Gasteiger partial charge in [-0.1, -0.05) is 30.3 Å². The molecule has 3 aliphatic rings. The maximum Gasteiger partial charge on any atom is 0.246 e. The molecular weight excluding hydrogens is 410 g/mol. The quantitative estimate of drug-likeness (QED) is 0.633. The first-order chi connectivity index (χ1) is 15.0. The van der Waals surface area contributed by atoms with E-state index < -0.39 is 40.7 Å². The van der Waals surface area contributed by atoms with Gasteiger partial charge in [0.05, 0.1) is 30.1 Å². The van der Waals surface area contributed by atoms with Crippen LogP contribution in [0, 0.1) is 11.8 Å². The molecule has 2 bridgehead atoms. The largest absolute Gasteiger partial charge is 0.394 e. The van der Waals surface area contributed by atoms with Crippen LogP contribution in [0.5, 0.6) is 0 Å². The molecule has 32 heavy (non-hydrogen) atoms. The molecular formula is C24H33N3O5. The Bertz CT molecular complexity index is 929. The van der Waals surface area contributed by atoms with Gasteiger partial charge in [0.1, 0.15) is 11.6 Å². The minimum Gasteiger partial charge on any atom is -0.394 e. The molecule has 3 N–H and O–H groups in total. The summed E-state index contributed by atoms with van der Waals surface area (Å²) in [6.45, 7) is 7.15. The van der Waals surface area contributed by atoms with Gasteiger partial charge in [-0.3, -0.25) is 14.4 Å². The second kappa shape index (κ2) is 7.56. The third kappa shape index (κ3) is 3.23. The number of amides is 3. The smallest absolute Gasteiger partial charge is 0.246 e. The van der Waals surface area contributed by atoms with Gasteiger partial charge in [-0.15, -0.1) is 0 Å². The highest BCUT2D eigenvalue weighted by atomic mass is 16.5. The van der Waals surface area contributed by atoms with Gasteiger partial charge in [0, 0.05) is 12.6 Å². The maximum atomic E-state index is 14.0. The fourth-order valence-electron chi connectivity index (χ4n) is 6.02. The van der Waals surface area contributed by atoms with Crippen LogP contribution >= 0.6 is 0 Å². The Morgan fingerprint density at radius 2 is 1.88 bits per heavy atom. The van der Waals surface area contributed by atoms with E-state index in [1.54, 1.807) is 7.05 Å². The normalized spacial score (nSPS) is 34.4. The fraction of sp³-hybridized carbons (Fsp3) is 0.625. The van der Waals surface area contributed by atoms with Crippen LogP contribution < -0.4 is 10.6 Å². The number of carbonyl (C=O) groups excluding carboxylic acids is 3. The van der Waals surface area contributed by atoms with Crippen molar-refractivity contribution in [2.24, 2.45) is 11.8 Å². The highest BCUT2D eigenvalue weighted by molar-refractivity contribution is 5.99. The van der Waals surface area contributed by atoms with Crippen LogP contribution in [0.3, 0.4) is 0 Å². The number of aliphatic hydroxyl groups excluding tert-OH is 1. The van der Waals surface area contributed by atoms with Gasteiger partial charge in [-0.2, -0.15) is 0 Å². The number of benzene rings is 1. The molecule has 174 valence electrons. The molecule has 0 aliphatic carbocycles. The summed E-state index contributed by atoms with van der Waals surface area (Å²) < 4.78 is 6.52. The predicted molar refractivity (Wildman–Crippen MR) is 117 cm³/mol. The molecule has 2 unspecified atom stereocenters. The predicted octanol–water partition coefficient (Wildman–Crippen LogP) is 1.15. The van der Waals surface area contributed by atoms with Crippen LogP contribution in [0.25, 0.3) is 0 Å². The Labute approximate surface area is 188 Å². The Kier molecular flexibility index (Phi) is 5.37. The van der Waals surface area contributed by atoms with Gasteiger partial charge in [0.15, 0.2) is 0 Å². The first-order valence-electron chi connectivity index (χ1n) is 11.2. The summed E-state index contributed by atoms with van der Waals surface area (Å²) in [5.74, 6) is -2.39. The molecule has 4 rings (SSSR count). The molecule has 1 aromatic rings. The van der Waals surface area contributed by atoms with Crippen molar-refractivity contribution in [2.75, 3.05) is 13.7 Å². The van der Waals surface area contributed by atoms with Gasteiger partial charge in [0.2, 0.25) is 17.7 Å². The number of carbonyl (C=O) groups is 3. The zero-order valence-electron chi connectivity index (χ0n) is 19.3. The Hall–Kier alpha value is -2.45. The number of ether oxygens (including phenoxy) is 1. The van der Waals surface area contributed by atoms with E-state index >= 15 is 0 Å². The molecule has 3 aliphatic heterocycles. The molecule has 3 saturated heterocycles. The third-order valence-electron chi connectivity index (χ3n) is 7.18. The van der Waals surface area contributed by atoms with Crippen molar-refractivity contribution in [3.05, 3.63) is 35.9 Å². The summed E-state index contributed by atoms with van der Waals surface area (Å²) in [4.78, 5) is 42.0. The molecule has 1 aromatic carbocycles. The topological polar surface area (TPSA) is 108 Å². The van der Waals surface area contributed by atoms with E-state index in [9.17, 15) is 19.5 Å². The van der Waals surface area contributed by atoms with E-state index in [2.05, 4.69) is 10.6 Å². The first-order valence-corrected chi connectivity index (χ1v) is 11.2. The average molecular weight is 444 g/mol. The second-order valence-electron chi connectivity index (χ2n) is 10.4. The minimum absolute atomic E-state index is 0.260. The lowest BCUT2D eigenvalue weighted by molar-refractivity contribution is -0.150. The lowest BCUT2D eigenvalue weighted by Gasteiger charge is -2.38. The number of likely N-dealkylation sites (tertiary alicyclic amines) is 1. The molecule has 0 radical (unpaired) electrons. The van der Waals surface area contributed by atoms with E-state index in [1.165, 1.54) is 4.90 Å². The van der Waals surface area contributed by atoms with Crippen LogP contribution in [0.1, 0.15) is 52.1 Å². The van der Waals surface area contributed by atoms with Crippen molar-refractivity contribution >= 4 is 17.7 Å². The molecule has 8 nitrogen and oxygen atoms in total. The summed E-state index contributed by atoms with van der Waals surface area (Å²) in [5, 5.41) is 16.0. The standard InChI is InChI=1S/C24H33N3O5/c1-22(2,3)26-20(30)18-24-12-11-23(4,32-24)16(19(29)25-5)17(24)21(31)27(18)15(13-28)14-9-7-6-8-10-14/h6-10,15-18,28H,11-13H2,1-5H3,(H,25,29)(H,26,30)/t15-,16-,17+,18?,23+,24?/m1/s1. The van der Waals surface area contributed by atoms with Crippen LogP contribution in [0.4, 0.5) is 0 Å². The molecule has 8 heteroatoms. The highest BCUT2D eigenvalue weighted by Crippen LogP contribution is 2.64. The molecule has 3 fully saturated rings. The van der Waals surface area contributed by atoms with Crippen LogP contribution in [0.2, 0.25) is 0 Å². The second-order valence-corrected chi connectivity index (χ2v) is 10.4. The van der Waals surface area contributed by atoms with Gasteiger partial charge < -0.3 is 25.4 Å². The van der Waals surface area contributed by atoms with Gasteiger partial charge in [-0.25, -0.2) is 0 Å². The number of nitrogens with one attached hydrogen (secondary N) is 2. The summed E-state index contributed by atoms with van der Waals surface area (Å²) in [7, 11) is 1.55. The van der Waals surface area contributed by atoms with Crippen molar-refractivity contribution in [2.45, 2.75) is 69.4 Å². The van der Waals surface area contributed by atoms with E-state index in [-0.39, 0.29) is 24.3 Å². The van der Waals surface area contributed by atoms with Crippen molar-refractivity contribution in [3.8, 4) is 0 Å². The Balaban J connectivity index is 1.85. The van der Waals surface area contributed by atoms with Gasteiger partial charge in [-0.05, 0) is 46.1 Å². The highest BCUT2D eigenvalue weighted by Gasteiger charge is 2.78. The van der Waals surface area contributed by atoms with Gasteiger partial charge in [0.25, 0.3) is 0 Å². The summed E-state index contributed by atoms with van der Waals surface area (Å²) in [5.41, 5.74) is -1.72. The summed E-state index contributed by atoms with van der Waals surface area (Å²) >= 11 is 0. The van der Waals surface area contributed by atoms with Crippen molar-refractivity contribution in [3.63, 3.8) is 0 Å². The minimum atomic E-state index is -1.11. The van der Waals surface area contributed by atoms with Crippen molar-refractivity contribution in [1.29, 1.82) is 0 Å². The zero-order valence-corrected chi connectivity index (χ0v) is 19.3. The van der Waals surface area contributed by atoms with E-state index in [0.717, 1.165) is 5.56 Å². The van der Waals surface area contributed by atoms with Crippen molar-refractivity contribution < 1.29 is 24.2 Å². The number of fused-ring (bicyclic) bond motifs is 1. The van der Waals surface area contributed by atoms with Gasteiger partial charge >= 0.3 is 0 Å².